The van der Waals surface area contributed by atoms with Crippen molar-refractivity contribution in [3.05, 3.63) is 23.8 Å². The minimum atomic E-state index is -4.43. The first-order chi connectivity index (χ1) is 8.79. The number of amides is 1. The Balaban J connectivity index is 2.17. The Morgan fingerprint density at radius 1 is 1.42 bits per heavy atom. The molecule has 0 heterocycles. The minimum Gasteiger partial charge on any atom is -0.495 e. The second-order valence-electron chi connectivity index (χ2n) is 4.49. The largest absolute Gasteiger partial charge is 0.495 e. The van der Waals surface area contributed by atoms with Gasteiger partial charge >= 0.3 is 6.18 Å². The molecule has 1 aliphatic carbocycles. The van der Waals surface area contributed by atoms with E-state index in [0.717, 1.165) is 0 Å². The number of carbonyl (C=O) groups is 1. The standard InChI is InChI=1S/C12H13F3N2O2/c1-19-9-6-7(2-3-8(9)16)10(18)17-11(4-5-11)12(13,14)15/h2-3,6H,4-5,16H2,1H3,(H,17,18). The molecule has 0 unspecified atom stereocenters. The van der Waals surface area contributed by atoms with Crippen LogP contribution in [-0.2, 0) is 0 Å². The van der Waals surface area contributed by atoms with E-state index < -0.39 is 17.6 Å². The second-order valence-corrected chi connectivity index (χ2v) is 4.49. The van der Waals surface area contributed by atoms with Gasteiger partial charge in [-0.05, 0) is 31.0 Å². The van der Waals surface area contributed by atoms with E-state index in [9.17, 15) is 18.0 Å². The van der Waals surface area contributed by atoms with E-state index in [1.54, 1.807) is 0 Å². The average Bonchev–Trinajstić information content (AvgIpc) is 3.10. The molecule has 2 rings (SSSR count). The molecule has 1 fully saturated rings. The van der Waals surface area contributed by atoms with Crippen LogP contribution in [0.15, 0.2) is 18.2 Å². The summed E-state index contributed by atoms with van der Waals surface area (Å²) in [5.41, 5.74) is 3.90. The molecule has 4 nitrogen and oxygen atoms in total. The summed E-state index contributed by atoms with van der Waals surface area (Å²) in [5.74, 6) is -0.530. The summed E-state index contributed by atoms with van der Waals surface area (Å²) in [6.07, 6.45) is -4.61. The maximum absolute atomic E-state index is 12.7. The number of hydrogen-bond donors (Lipinski definition) is 2. The van der Waals surface area contributed by atoms with E-state index in [1.807, 2.05) is 5.32 Å². The molecular formula is C12H13F3N2O2. The van der Waals surface area contributed by atoms with Crippen LogP contribution in [0.2, 0.25) is 0 Å². The van der Waals surface area contributed by atoms with Crippen LogP contribution in [0.25, 0.3) is 0 Å². The van der Waals surface area contributed by atoms with Crippen LogP contribution < -0.4 is 15.8 Å². The number of ether oxygens (including phenoxy) is 1. The number of nitrogens with one attached hydrogen (secondary N) is 1. The molecule has 0 atom stereocenters. The summed E-state index contributed by atoms with van der Waals surface area (Å²) >= 11 is 0. The number of halogens is 3. The highest BCUT2D eigenvalue weighted by Crippen LogP contribution is 2.49. The van der Waals surface area contributed by atoms with Gasteiger partial charge in [-0.3, -0.25) is 4.79 Å². The predicted octanol–water partition coefficient (Wildman–Crippen LogP) is 2.10. The fraction of sp³-hybridized carbons (Fsp3) is 0.417. The monoisotopic (exact) mass is 274 g/mol. The Morgan fingerprint density at radius 3 is 2.53 bits per heavy atom. The van der Waals surface area contributed by atoms with Crippen molar-refractivity contribution in [1.82, 2.24) is 5.32 Å². The van der Waals surface area contributed by atoms with Gasteiger partial charge in [0.2, 0.25) is 0 Å². The van der Waals surface area contributed by atoms with Gasteiger partial charge in [0.05, 0.1) is 12.8 Å². The molecule has 0 bridgehead atoms. The summed E-state index contributed by atoms with van der Waals surface area (Å²) in [5, 5.41) is 2.03. The zero-order valence-corrected chi connectivity index (χ0v) is 10.2. The lowest BCUT2D eigenvalue weighted by Gasteiger charge is -2.20. The molecular weight excluding hydrogens is 261 g/mol. The van der Waals surface area contributed by atoms with Crippen LogP contribution in [0.5, 0.6) is 5.75 Å². The van der Waals surface area contributed by atoms with E-state index >= 15 is 0 Å². The highest BCUT2D eigenvalue weighted by molar-refractivity contribution is 5.96. The fourth-order valence-electron chi connectivity index (χ4n) is 1.75. The summed E-state index contributed by atoms with van der Waals surface area (Å²) in [4.78, 5) is 11.8. The van der Waals surface area contributed by atoms with Crippen LogP contribution in [0, 0.1) is 0 Å². The van der Waals surface area contributed by atoms with Crippen LogP contribution in [0.1, 0.15) is 23.2 Å². The molecule has 0 aliphatic heterocycles. The van der Waals surface area contributed by atoms with Gasteiger partial charge in [-0.15, -0.1) is 0 Å². The van der Waals surface area contributed by atoms with Gasteiger partial charge in [0.15, 0.2) is 0 Å². The van der Waals surface area contributed by atoms with Gasteiger partial charge in [-0.2, -0.15) is 13.2 Å². The van der Waals surface area contributed by atoms with Crippen molar-refractivity contribution in [3.63, 3.8) is 0 Å². The van der Waals surface area contributed by atoms with Crippen LogP contribution >= 0.6 is 0 Å². The third-order valence-electron chi connectivity index (χ3n) is 3.14. The normalized spacial score (nSPS) is 16.8. The quantitative estimate of drug-likeness (QED) is 0.830. The van der Waals surface area contributed by atoms with E-state index in [1.165, 1.54) is 25.3 Å². The zero-order valence-electron chi connectivity index (χ0n) is 10.2. The Kier molecular flexibility index (Phi) is 3.07. The molecule has 0 spiro atoms. The number of nitrogen functional groups attached to an aromatic ring is 1. The summed E-state index contributed by atoms with van der Waals surface area (Å²) < 4.78 is 43.1. The second kappa shape index (κ2) is 4.32. The zero-order chi connectivity index (χ0) is 14.3. The van der Waals surface area contributed by atoms with Crippen molar-refractivity contribution in [2.75, 3.05) is 12.8 Å². The first-order valence-corrected chi connectivity index (χ1v) is 5.62. The number of nitrogens with two attached hydrogens (primary N) is 1. The van der Waals surface area contributed by atoms with Gasteiger partial charge in [0.1, 0.15) is 11.3 Å². The molecule has 0 aromatic heterocycles. The lowest BCUT2D eigenvalue weighted by molar-refractivity contribution is -0.163. The van der Waals surface area contributed by atoms with E-state index in [0.29, 0.717) is 5.69 Å². The molecule has 7 heteroatoms. The summed E-state index contributed by atoms with van der Waals surface area (Å²) in [7, 11) is 1.37. The van der Waals surface area contributed by atoms with Gasteiger partial charge in [-0.25, -0.2) is 0 Å². The molecule has 1 aromatic carbocycles. The first kappa shape index (κ1) is 13.5. The van der Waals surface area contributed by atoms with Crippen molar-refractivity contribution >= 4 is 11.6 Å². The van der Waals surface area contributed by atoms with E-state index in [4.69, 9.17) is 10.5 Å². The number of anilines is 1. The topological polar surface area (TPSA) is 64.3 Å². The number of carbonyl (C=O) groups excluding carboxylic acids is 1. The fourth-order valence-corrected chi connectivity index (χ4v) is 1.75. The van der Waals surface area contributed by atoms with Crippen molar-refractivity contribution < 1.29 is 22.7 Å². The Bertz CT molecular complexity index is 510. The molecule has 1 saturated carbocycles. The average molecular weight is 274 g/mol. The summed E-state index contributed by atoms with van der Waals surface area (Å²) in [6, 6.07) is 4.09. The smallest absolute Gasteiger partial charge is 0.411 e. The highest BCUT2D eigenvalue weighted by Gasteiger charge is 2.64. The third kappa shape index (κ3) is 2.45. The van der Waals surface area contributed by atoms with Crippen LogP contribution in [0.3, 0.4) is 0 Å². The third-order valence-corrected chi connectivity index (χ3v) is 3.14. The molecule has 1 amide bonds. The van der Waals surface area contributed by atoms with Gasteiger partial charge in [-0.1, -0.05) is 0 Å². The maximum Gasteiger partial charge on any atom is 0.411 e. The summed E-state index contributed by atoms with van der Waals surface area (Å²) in [6.45, 7) is 0. The SMILES string of the molecule is COc1cc(C(=O)NC2(C(F)(F)F)CC2)ccc1N. The van der Waals surface area contributed by atoms with E-state index in [-0.39, 0.29) is 24.2 Å². The van der Waals surface area contributed by atoms with Crippen molar-refractivity contribution in [2.24, 2.45) is 0 Å². The van der Waals surface area contributed by atoms with Gasteiger partial charge in [0, 0.05) is 5.56 Å². The van der Waals surface area contributed by atoms with Gasteiger partial charge < -0.3 is 15.8 Å². The predicted molar refractivity (Wildman–Crippen MR) is 62.9 cm³/mol. The molecule has 19 heavy (non-hydrogen) atoms. The molecule has 1 aromatic rings. The number of rotatable bonds is 3. The maximum atomic E-state index is 12.7. The minimum absolute atomic E-state index is 0.0848. The molecule has 0 radical (unpaired) electrons. The first-order valence-electron chi connectivity index (χ1n) is 5.62. The van der Waals surface area contributed by atoms with Gasteiger partial charge in [0.25, 0.3) is 5.91 Å². The molecule has 0 saturated heterocycles. The molecule has 104 valence electrons. The number of alkyl halides is 3. The number of methoxy groups -OCH3 is 1. The lowest BCUT2D eigenvalue weighted by Crippen LogP contribution is -2.47. The highest BCUT2D eigenvalue weighted by atomic mass is 19.4. The van der Waals surface area contributed by atoms with Crippen molar-refractivity contribution in [1.29, 1.82) is 0 Å². The Morgan fingerprint density at radius 2 is 2.05 bits per heavy atom. The van der Waals surface area contributed by atoms with Crippen LogP contribution in [-0.4, -0.2) is 24.7 Å². The molecule has 3 N–H and O–H groups in total. The van der Waals surface area contributed by atoms with E-state index in [2.05, 4.69) is 0 Å². The Hall–Kier alpha value is -1.92. The van der Waals surface area contributed by atoms with Crippen LogP contribution in [0.4, 0.5) is 18.9 Å². The number of benzene rings is 1. The number of hydrogen-bond acceptors (Lipinski definition) is 3. The van der Waals surface area contributed by atoms with Crippen molar-refractivity contribution in [3.8, 4) is 5.75 Å². The Labute approximate surface area is 107 Å². The lowest BCUT2D eigenvalue weighted by atomic mass is 10.1. The molecule has 1 aliphatic rings. The van der Waals surface area contributed by atoms with Crippen molar-refractivity contribution in [2.45, 2.75) is 24.6 Å².